The molecule has 0 spiro atoms. The standard InChI is InChI=1S/C13H26F2N2O/c1-11(2)6-16-8-13(4-5-18-10-13)9-17(3)7-12(14)15/h11-12,16H,4-10H2,1-3H3. The van der Waals surface area contributed by atoms with Crippen molar-refractivity contribution >= 4 is 0 Å². The van der Waals surface area contributed by atoms with E-state index in [0.29, 0.717) is 19.1 Å². The number of ether oxygens (including phenoxy) is 1. The Bertz CT molecular complexity index is 231. The monoisotopic (exact) mass is 264 g/mol. The van der Waals surface area contributed by atoms with Crippen LogP contribution >= 0.6 is 0 Å². The molecule has 1 saturated heterocycles. The van der Waals surface area contributed by atoms with Gasteiger partial charge in [0.25, 0.3) is 6.43 Å². The lowest BCUT2D eigenvalue weighted by molar-refractivity contribution is 0.0666. The Morgan fingerprint density at radius 2 is 2.11 bits per heavy atom. The van der Waals surface area contributed by atoms with Crippen LogP contribution in [-0.4, -0.2) is 57.8 Å². The molecule has 1 N–H and O–H groups in total. The Morgan fingerprint density at radius 1 is 1.39 bits per heavy atom. The highest BCUT2D eigenvalue weighted by atomic mass is 19.3. The van der Waals surface area contributed by atoms with Gasteiger partial charge in [-0.1, -0.05) is 13.8 Å². The molecule has 0 aromatic carbocycles. The van der Waals surface area contributed by atoms with Gasteiger partial charge in [-0.05, 0) is 25.9 Å². The molecule has 1 heterocycles. The Hall–Kier alpha value is -0.260. The van der Waals surface area contributed by atoms with Crippen molar-refractivity contribution < 1.29 is 13.5 Å². The summed E-state index contributed by atoms with van der Waals surface area (Å²) < 4.78 is 30.2. The number of alkyl halides is 2. The van der Waals surface area contributed by atoms with E-state index in [9.17, 15) is 8.78 Å². The van der Waals surface area contributed by atoms with Crippen molar-refractivity contribution in [1.29, 1.82) is 0 Å². The van der Waals surface area contributed by atoms with E-state index in [1.165, 1.54) is 0 Å². The molecule has 0 bridgehead atoms. The molecule has 18 heavy (non-hydrogen) atoms. The number of nitrogens with one attached hydrogen (secondary N) is 1. The van der Waals surface area contributed by atoms with E-state index in [1.54, 1.807) is 11.9 Å². The van der Waals surface area contributed by atoms with Crippen LogP contribution in [0.5, 0.6) is 0 Å². The summed E-state index contributed by atoms with van der Waals surface area (Å²) in [6.45, 7) is 8.05. The fraction of sp³-hybridized carbons (Fsp3) is 1.00. The molecule has 3 nitrogen and oxygen atoms in total. The largest absolute Gasteiger partial charge is 0.381 e. The molecule has 0 radical (unpaired) electrons. The highest BCUT2D eigenvalue weighted by Crippen LogP contribution is 2.29. The lowest BCUT2D eigenvalue weighted by Gasteiger charge is -2.32. The first kappa shape index (κ1) is 15.8. The van der Waals surface area contributed by atoms with Crippen LogP contribution in [0.25, 0.3) is 0 Å². The molecule has 0 saturated carbocycles. The summed E-state index contributed by atoms with van der Waals surface area (Å²) in [7, 11) is 1.76. The lowest BCUT2D eigenvalue weighted by atomic mass is 9.86. The molecular weight excluding hydrogens is 238 g/mol. The Morgan fingerprint density at radius 3 is 2.61 bits per heavy atom. The van der Waals surface area contributed by atoms with Gasteiger partial charge in [-0.3, -0.25) is 0 Å². The molecule has 1 fully saturated rings. The summed E-state index contributed by atoms with van der Waals surface area (Å²) in [5.74, 6) is 0.600. The minimum Gasteiger partial charge on any atom is -0.381 e. The zero-order valence-corrected chi connectivity index (χ0v) is 11.7. The van der Waals surface area contributed by atoms with Gasteiger partial charge in [0.1, 0.15) is 0 Å². The van der Waals surface area contributed by atoms with E-state index < -0.39 is 6.43 Å². The molecular formula is C13H26F2N2O. The van der Waals surface area contributed by atoms with Crippen LogP contribution < -0.4 is 5.32 Å². The molecule has 0 amide bonds. The van der Waals surface area contributed by atoms with E-state index in [1.807, 2.05) is 0 Å². The maximum atomic E-state index is 12.4. The zero-order chi connectivity index (χ0) is 13.6. The minimum atomic E-state index is -2.27. The van der Waals surface area contributed by atoms with Gasteiger partial charge in [-0.25, -0.2) is 8.78 Å². The van der Waals surface area contributed by atoms with Crippen molar-refractivity contribution in [2.75, 3.05) is 46.4 Å². The normalized spacial score (nSPS) is 24.7. The first-order valence-corrected chi connectivity index (χ1v) is 6.69. The molecule has 108 valence electrons. The zero-order valence-electron chi connectivity index (χ0n) is 11.7. The van der Waals surface area contributed by atoms with Crippen molar-refractivity contribution in [3.05, 3.63) is 0 Å². The summed E-state index contributed by atoms with van der Waals surface area (Å²) in [6, 6.07) is 0. The molecule has 1 unspecified atom stereocenters. The van der Waals surface area contributed by atoms with Gasteiger partial charge in [-0.2, -0.15) is 0 Å². The van der Waals surface area contributed by atoms with Gasteiger partial charge >= 0.3 is 0 Å². The lowest BCUT2D eigenvalue weighted by Crippen LogP contribution is -2.45. The van der Waals surface area contributed by atoms with E-state index >= 15 is 0 Å². The first-order valence-electron chi connectivity index (χ1n) is 6.69. The smallest absolute Gasteiger partial charge is 0.251 e. The molecule has 5 heteroatoms. The molecule has 0 aromatic rings. The maximum Gasteiger partial charge on any atom is 0.251 e. The van der Waals surface area contributed by atoms with Crippen molar-refractivity contribution in [1.82, 2.24) is 10.2 Å². The van der Waals surface area contributed by atoms with Gasteiger partial charge < -0.3 is 15.0 Å². The number of hydrogen-bond donors (Lipinski definition) is 1. The predicted octanol–water partition coefficient (Wildman–Crippen LogP) is 1.84. The molecule has 1 aliphatic heterocycles. The van der Waals surface area contributed by atoms with Gasteiger partial charge in [0, 0.05) is 25.1 Å². The molecule has 1 atom stereocenters. The van der Waals surface area contributed by atoms with E-state index in [4.69, 9.17) is 4.74 Å². The van der Waals surface area contributed by atoms with Crippen LogP contribution in [0.4, 0.5) is 8.78 Å². The van der Waals surface area contributed by atoms with Crippen molar-refractivity contribution in [2.24, 2.45) is 11.3 Å². The van der Waals surface area contributed by atoms with Crippen LogP contribution in [0.3, 0.4) is 0 Å². The van der Waals surface area contributed by atoms with Crippen molar-refractivity contribution in [3.63, 3.8) is 0 Å². The van der Waals surface area contributed by atoms with Gasteiger partial charge in [0.05, 0.1) is 13.2 Å². The van der Waals surface area contributed by atoms with E-state index in [2.05, 4.69) is 19.2 Å². The summed E-state index contributed by atoms with van der Waals surface area (Å²) in [5, 5.41) is 3.43. The third-order valence-corrected chi connectivity index (χ3v) is 3.29. The third kappa shape index (κ3) is 5.59. The van der Waals surface area contributed by atoms with Gasteiger partial charge in [0.15, 0.2) is 0 Å². The number of hydrogen-bond acceptors (Lipinski definition) is 3. The van der Waals surface area contributed by atoms with Crippen LogP contribution in [0.15, 0.2) is 0 Å². The molecule has 0 aromatic heterocycles. The summed E-state index contributed by atoms with van der Waals surface area (Å²) >= 11 is 0. The predicted molar refractivity (Wildman–Crippen MR) is 69.1 cm³/mol. The van der Waals surface area contributed by atoms with Crippen LogP contribution in [0.1, 0.15) is 20.3 Å². The molecule has 1 rings (SSSR count). The summed E-state index contributed by atoms with van der Waals surface area (Å²) in [6.07, 6.45) is -1.32. The van der Waals surface area contributed by atoms with Gasteiger partial charge in [-0.15, -0.1) is 0 Å². The second-order valence-electron chi connectivity index (χ2n) is 5.92. The average Bonchev–Trinajstić information content (AvgIpc) is 2.64. The Balaban J connectivity index is 2.42. The SMILES string of the molecule is CC(C)CNCC1(CN(C)CC(F)F)CCOC1. The van der Waals surface area contributed by atoms with Crippen molar-refractivity contribution in [3.8, 4) is 0 Å². The third-order valence-electron chi connectivity index (χ3n) is 3.29. The van der Waals surface area contributed by atoms with Crippen LogP contribution in [0.2, 0.25) is 0 Å². The van der Waals surface area contributed by atoms with Gasteiger partial charge in [0.2, 0.25) is 0 Å². The number of rotatable bonds is 8. The number of halogens is 2. The average molecular weight is 264 g/mol. The van der Waals surface area contributed by atoms with E-state index in [-0.39, 0.29) is 12.0 Å². The topological polar surface area (TPSA) is 24.5 Å². The van der Waals surface area contributed by atoms with Crippen LogP contribution in [-0.2, 0) is 4.74 Å². The highest BCUT2D eigenvalue weighted by Gasteiger charge is 2.36. The molecule has 0 aliphatic carbocycles. The highest BCUT2D eigenvalue weighted by molar-refractivity contribution is 4.88. The minimum absolute atomic E-state index is 0.00146. The second-order valence-corrected chi connectivity index (χ2v) is 5.92. The fourth-order valence-electron chi connectivity index (χ4n) is 2.47. The summed E-state index contributed by atoms with van der Waals surface area (Å²) in [4.78, 5) is 1.72. The molecule has 1 aliphatic rings. The fourth-order valence-corrected chi connectivity index (χ4v) is 2.47. The van der Waals surface area contributed by atoms with Crippen molar-refractivity contribution in [2.45, 2.75) is 26.7 Å². The Kier molecular flexibility index (Phi) is 6.46. The first-order chi connectivity index (χ1) is 8.43. The quantitative estimate of drug-likeness (QED) is 0.724. The summed E-state index contributed by atoms with van der Waals surface area (Å²) in [5.41, 5.74) is -0.00146. The van der Waals surface area contributed by atoms with E-state index in [0.717, 1.165) is 26.1 Å². The van der Waals surface area contributed by atoms with Crippen LogP contribution in [0, 0.1) is 11.3 Å². The second kappa shape index (κ2) is 7.36. The number of nitrogens with zero attached hydrogens (tertiary/aromatic N) is 1. The Labute approximate surface area is 109 Å². The maximum absolute atomic E-state index is 12.4.